The number of rotatable bonds is 3. The summed E-state index contributed by atoms with van der Waals surface area (Å²) < 4.78 is 1.18. The molecule has 0 aliphatic heterocycles. The van der Waals surface area contributed by atoms with E-state index >= 15 is 0 Å². The lowest BCUT2D eigenvalue weighted by Gasteiger charge is -2.15. The summed E-state index contributed by atoms with van der Waals surface area (Å²) in [7, 11) is 0. The smallest absolute Gasteiger partial charge is 0.0329 e. The zero-order valence-corrected chi connectivity index (χ0v) is 12.6. The predicted molar refractivity (Wildman–Crippen MR) is 81.0 cm³/mol. The molecule has 19 heavy (non-hydrogen) atoms. The first-order chi connectivity index (χ1) is 9.24. The minimum Gasteiger partial charge on any atom is -0.306 e. The van der Waals surface area contributed by atoms with E-state index in [1.807, 2.05) is 12.4 Å². The molecule has 0 amide bonds. The molecule has 2 aromatic rings. The van der Waals surface area contributed by atoms with Crippen LogP contribution in [0.15, 0.2) is 41.1 Å². The van der Waals surface area contributed by atoms with Gasteiger partial charge in [-0.15, -0.1) is 0 Å². The van der Waals surface area contributed by atoms with Crippen LogP contribution in [0.4, 0.5) is 0 Å². The van der Waals surface area contributed by atoms with Gasteiger partial charge in [-0.3, -0.25) is 4.98 Å². The van der Waals surface area contributed by atoms with Gasteiger partial charge >= 0.3 is 0 Å². The van der Waals surface area contributed by atoms with Gasteiger partial charge in [-0.25, -0.2) is 0 Å². The van der Waals surface area contributed by atoms with E-state index in [-0.39, 0.29) is 0 Å². The maximum absolute atomic E-state index is 4.14. The van der Waals surface area contributed by atoms with Crippen molar-refractivity contribution >= 4 is 15.9 Å². The highest BCUT2D eigenvalue weighted by molar-refractivity contribution is 9.10. The fourth-order valence-electron chi connectivity index (χ4n) is 2.73. The third kappa shape index (κ3) is 2.72. The fourth-order valence-corrected chi connectivity index (χ4v) is 3.14. The van der Waals surface area contributed by atoms with Crippen LogP contribution in [0.5, 0.6) is 0 Å². The van der Waals surface area contributed by atoms with Crippen molar-refractivity contribution in [3.8, 4) is 0 Å². The van der Waals surface area contributed by atoms with Crippen LogP contribution in [-0.2, 0) is 13.0 Å². The lowest BCUT2D eigenvalue weighted by Crippen LogP contribution is -2.19. The molecule has 0 radical (unpaired) electrons. The van der Waals surface area contributed by atoms with Gasteiger partial charge in [0.15, 0.2) is 0 Å². The van der Waals surface area contributed by atoms with Crippen LogP contribution < -0.4 is 5.32 Å². The number of nitrogens with zero attached hydrogens (tertiary/aromatic N) is 1. The molecule has 1 aromatic carbocycles. The molecule has 1 unspecified atom stereocenters. The summed E-state index contributed by atoms with van der Waals surface area (Å²) >= 11 is 3.54. The topological polar surface area (TPSA) is 24.9 Å². The van der Waals surface area contributed by atoms with Crippen LogP contribution in [0.3, 0.4) is 0 Å². The van der Waals surface area contributed by atoms with Crippen LogP contribution in [0.25, 0.3) is 0 Å². The monoisotopic (exact) mass is 316 g/mol. The summed E-state index contributed by atoms with van der Waals surface area (Å²) in [5.74, 6) is 0. The largest absolute Gasteiger partial charge is 0.306 e. The van der Waals surface area contributed by atoms with Crippen molar-refractivity contribution in [1.29, 1.82) is 0 Å². The van der Waals surface area contributed by atoms with Gasteiger partial charge in [0.05, 0.1) is 0 Å². The van der Waals surface area contributed by atoms with Crippen molar-refractivity contribution in [1.82, 2.24) is 10.3 Å². The van der Waals surface area contributed by atoms with Crippen molar-refractivity contribution in [2.24, 2.45) is 0 Å². The molecular weight excluding hydrogens is 300 g/mol. The Balaban J connectivity index is 1.72. The zero-order chi connectivity index (χ0) is 13.2. The molecule has 0 bridgehead atoms. The predicted octanol–water partition coefficient (Wildman–Crippen LogP) is 3.93. The summed E-state index contributed by atoms with van der Waals surface area (Å²) in [6.45, 7) is 3.03. The highest BCUT2D eigenvalue weighted by Crippen LogP contribution is 2.33. The third-order valence-electron chi connectivity index (χ3n) is 3.86. The van der Waals surface area contributed by atoms with Gasteiger partial charge in [0.2, 0.25) is 0 Å². The highest BCUT2D eigenvalue weighted by atomic mass is 79.9. The van der Waals surface area contributed by atoms with Gasteiger partial charge in [-0.05, 0) is 60.2 Å². The number of pyridine rings is 1. The molecule has 1 aromatic heterocycles. The van der Waals surface area contributed by atoms with Gasteiger partial charge < -0.3 is 5.32 Å². The molecule has 0 saturated carbocycles. The minimum absolute atomic E-state index is 0.482. The van der Waals surface area contributed by atoms with Crippen LogP contribution in [0.1, 0.15) is 34.7 Å². The molecule has 2 nitrogen and oxygen atoms in total. The Hall–Kier alpha value is -1.19. The van der Waals surface area contributed by atoms with E-state index in [0.29, 0.717) is 6.04 Å². The molecule has 1 N–H and O–H groups in total. The first kappa shape index (κ1) is 12.8. The average Bonchev–Trinajstić information content (AvgIpc) is 2.80. The summed E-state index contributed by atoms with van der Waals surface area (Å²) in [4.78, 5) is 4.14. The van der Waals surface area contributed by atoms with Gasteiger partial charge in [0, 0.05) is 29.5 Å². The summed E-state index contributed by atoms with van der Waals surface area (Å²) in [5, 5.41) is 3.67. The van der Waals surface area contributed by atoms with Gasteiger partial charge in [0.1, 0.15) is 0 Å². The second kappa shape index (κ2) is 5.43. The molecule has 3 heteroatoms. The second-order valence-electron chi connectivity index (χ2n) is 5.12. The minimum atomic E-state index is 0.482. The van der Waals surface area contributed by atoms with Gasteiger partial charge in [-0.2, -0.15) is 0 Å². The second-order valence-corrected chi connectivity index (χ2v) is 6.03. The van der Waals surface area contributed by atoms with E-state index in [1.165, 1.54) is 39.6 Å². The fraction of sp³-hybridized carbons (Fsp3) is 0.312. The number of aromatic nitrogens is 1. The van der Waals surface area contributed by atoms with Crippen LogP contribution in [0.2, 0.25) is 0 Å². The lowest BCUT2D eigenvalue weighted by molar-refractivity contribution is 0.529. The number of fused-ring (bicyclic) bond motifs is 1. The molecule has 0 spiro atoms. The average molecular weight is 317 g/mol. The number of halogens is 1. The van der Waals surface area contributed by atoms with E-state index in [0.717, 1.165) is 6.54 Å². The van der Waals surface area contributed by atoms with Crippen LogP contribution >= 0.6 is 15.9 Å². The Kier molecular flexibility index (Phi) is 3.67. The molecule has 1 heterocycles. The van der Waals surface area contributed by atoms with Crippen molar-refractivity contribution in [3.63, 3.8) is 0 Å². The SMILES string of the molecule is Cc1cnccc1CNC1CCc2cc(Br)ccc21. The quantitative estimate of drug-likeness (QED) is 0.928. The number of nitrogens with one attached hydrogen (secondary N) is 1. The van der Waals surface area contributed by atoms with E-state index in [9.17, 15) is 0 Å². The standard InChI is InChI=1S/C16H17BrN2/c1-11-9-18-7-6-13(11)10-19-16-5-2-12-8-14(17)3-4-15(12)16/h3-4,6-9,16,19H,2,5,10H2,1H3. The van der Waals surface area contributed by atoms with Crippen molar-refractivity contribution in [3.05, 3.63) is 63.4 Å². The third-order valence-corrected chi connectivity index (χ3v) is 4.35. The summed E-state index contributed by atoms with van der Waals surface area (Å²) in [6.07, 6.45) is 6.15. The molecule has 0 fully saturated rings. The Morgan fingerprint density at radius 3 is 3.11 bits per heavy atom. The Morgan fingerprint density at radius 1 is 1.37 bits per heavy atom. The van der Waals surface area contributed by atoms with Crippen LogP contribution in [-0.4, -0.2) is 4.98 Å². The highest BCUT2D eigenvalue weighted by Gasteiger charge is 2.21. The molecule has 0 saturated heterocycles. The van der Waals surface area contributed by atoms with Crippen molar-refractivity contribution in [2.45, 2.75) is 32.4 Å². The lowest BCUT2D eigenvalue weighted by atomic mass is 10.1. The normalized spacial score (nSPS) is 17.5. The van der Waals surface area contributed by atoms with Crippen molar-refractivity contribution in [2.75, 3.05) is 0 Å². The van der Waals surface area contributed by atoms with E-state index < -0.39 is 0 Å². The maximum Gasteiger partial charge on any atom is 0.0329 e. The number of hydrogen-bond acceptors (Lipinski definition) is 2. The molecule has 1 atom stereocenters. The Morgan fingerprint density at radius 2 is 2.26 bits per heavy atom. The number of aryl methyl sites for hydroxylation is 2. The van der Waals surface area contributed by atoms with Crippen LogP contribution in [0, 0.1) is 6.92 Å². The maximum atomic E-state index is 4.14. The number of hydrogen-bond donors (Lipinski definition) is 1. The van der Waals surface area contributed by atoms with E-state index in [2.05, 4.69) is 57.4 Å². The molecular formula is C16H17BrN2. The summed E-state index contributed by atoms with van der Waals surface area (Å²) in [5.41, 5.74) is 5.51. The Bertz CT molecular complexity index is 595. The van der Waals surface area contributed by atoms with E-state index in [4.69, 9.17) is 0 Å². The van der Waals surface area contributed by atoms with Gasteiger partial charge in [-0.1, -0.05) is 22.0 Å². The molecule has 3 rings (SSSR count). The first-order valence-corrected chi connectivity index (χ1v) is 7.44. The molecule has 1 aliphatic rings. The zero-order valence-electron chi connectivity index (χ0n) is 11.0. The first-order valence-electron chi connectivity index (χ1n) is 6.65. The molecule has 1 aliphatic carbocycles. The number of benzene rings is 1. The molecule has 98 valence electrons. The van der Waals surface area contributed by atoms with Gasteiger partial charge in [0.25, 0.3) is 0 Å². The Labute approximate surface area is 122 Å². The summed E-state index contributed by atoms with van der Waals surface area (Å²) in [6, 6.07) is 9.20. The van der Waals surface area contributed by atoms with E-state index in [1.54, 1.807) is 0 Å². The van der Waals surface area contributed by atoms with Crippen molar-refractivity contribution < 1.29 is 0 Å².